The molecule has 2 aliphatic carbocycles. The predicted octanol–water partition coefficient (Wildman–Crippen LogP) is 3.57. The molecule has 132 valence electrons. The molecule has 0 saturated heterocycles. The molecular weight excluding hydrogens is 328 g/mol. The number of hydrogen-bond donors (Lipinski definition) is 1. The van der Waals surface area contributed by atoms with E-state index in [0.717, 1.165) is 31.2 Å². The molecule has 0 amide bonds. The quantitative estimate of drug-likeness (QED) is 0.858. The van der Waals surface area contributed by atoms with Crippen molar-refractivity contribution in [3.8, 4) is 5.75 Å². The Morgan fingerprint density at radius 3 is 2.35 bits per heavy atom. The van der Waals surface area contributed by atoms with Gasteiger partial charge in [-0.25, -0.2) is 0 Å². The molecule has 2 aliphatic rings. The van der Waals surface area contributed by atoms with E-state index in [9.17, 15) is 14.7 Å². The second-order valence-corrected chi connectivity index (χ2v) is 6.74. The molecule has 4 nitrogen and oxygen atoms in total. The molecule has 4 heteroatoms. The number of ketones is 2. The zero-order chi connectivity index (χ0) is 18.1. The first-order valence-electron chi connectivity index (χ1n) is 8.99. The van der Waals surface area contributed by atoms with Crippen LogP contribution in [0.3, 0.4) is 0 Å². The molecule has 2 aromatic carbocycles. The Labute approximate surface area is 152 Å². The lowest BCUT2D eigenvalue weighted by atomic mass is 9.80. The van der Waals surface area contributed by atoms with E-state index in [4.69, 9.17) is 4.74 Å². The number of benzene rings is 2. The van der Waals surface area contributed by atoms with Gasteiger partial charge in [-0.05, 0) is 48.4 Å². The second kappa shape index (κ2) is 6.89. The number of aliphatic hydroxyl groups is 1. The van der Waals surface area contributed by atoms with Crippen molar-refractivity contribution in [2.45, 2.75) is 31.8 Å². The summed E-state index contributed by atoms with van der Waals surface area (Å²) in [6.07, 6.45) is 4.27. The average Bonchev–Trinajstić information content (AvgIpc) is 3.18. The first-order valence-corrected chi connectivity index (χ1v) is 8.99. The van der Waals surface area contributed by atoms with Gasteiger partial charge in [0.1, 0.15) is 5.75 Å². The van der Waals surface area contributed by atoms with E-state index in [1.807, 2.05) is 42.5 Å². The smallest absolute Gasteiger partial charge is 0.237 e. The first-order chi connectivity index (χ1) is 12.7. The van der Waals surface area contributed by atoms with Crippen molar-refractivity contribution in [1.29, 1.82) is 0 Å². The summed E-state index contributed by atoms with van der Waals surface area (Å²) in [5.41, 5.74) is 2.54. The number of ether oxygens (including phenoxy) is 1. The van der Waals surface area contributed by atoms with Gasteiger partial charge in [0.15, 0.2) is 0 Å². The Bertz CT molecular complexity index is 890. The minimum atomic E-state index is -0.652. The third-order valence-corrected chi connectivity index (χ3v) is 5.12. The van der Waals surface area contributed by atoms with Crippen molar-refractivity contribution in [1.82, 2.24) is 0 Å². The highest BCUT2D eigenvalue weighted by molar-refractivity contribution is 6.53. The van der Waals surface area contributed by atoms with E-state index < -0.39 is 18.2 Å². The van der Waals surface area contributed by atoms with Gasteiger partial charge in [0, 0.05) is 5.57 Å². The normalized spacial score (nSPS) is 17.6. The molecule has 1 saturated carbocycles. The fraction of sp³-hybridized carbons (Fsp3) is 0.273. The van der Waals surface area contributed by atoms with Gasteiger partial charge in [0.25, 0.3) is 0 Å². The largest absolute Gasteiger partial charge is 0.490 e. The Morgan fingerprint density at radius 1 is 0.923 bits per heavy atom. The van der Waals surface area contributed by atoms with Gasteiger partial charge in [0.2, 0.25) is 11.6 Å². The second-order valence-electron chi connectivity index (χ2n) is 6.74. The molecule has 0 aromatic heterocycles. The topological polar surface area (TPSA) is 63.6 Å². The van der Waals surface area contributed by atoms with Crippen LogP contribution in [0.15, 0.2) is 54.1 Å². The summed E-state index contributed by atoms with van der Waals surface area (Å²) in [5.74, 6) is -0.781. The van der Waals surface area contributed by atoms with Gasteiger partial charge < -0.3 is 9.84 Å². The molecule has 0 unspecified atom stereocenters. The maximum Gasteiger partial charge on any atom is 0.237 e. The summed E-state index contributed by atoms with van der Waals surface area (Å²) in [7, 11) is 0. The summed E-state index contributed by atoms with van der Waals surface area (Å²) in [4.78, 5) is 25.5. The minimum Gasteiger partial charge on any atom is -0.490 e. The van der Waals surface area contributed by atoms with Crippen molar-refractivity contribution >= 4 is 17.1 Å². The SMILES string of the molecule is O=C1C(=O)c2c(OC3CCCC3)cccc2C(c2ccccc2)=C1CO. The van der Waals surface area contributed by atoms with E-state index in [0.29, 0.717) is 22.4 Å². The molecule has 4 rings (SSSR count). The standard InChI is InChI=1S/C22H20O4/c23-13-17-19(14-7-2-1-3-8-14)16-11-6-12-18(20(16)22(25)21(17)24)26-15-9-4-5-10-15/h1-3,6-8,11-12,15,23H,4-5,9-10,13H2. The lowest BCUT2D eigenvalue weighted by Crippen LogP contribution is -2.27. The molecule has 1 fully saturated rings. The van der Waals surface area contributed by atoms with E-state index in [1.165, 1.54) is 0 Å². The molecule has 0 heterocycles. The van der Waals surface area contributed by atoms with Gasteiger partial charge in [-0.1, -0.05) is 42.5 Å². The predicted molar refractivity (Wildman–Crippen MR) is 98.2 cm³/mol. The van der Waals surface area contributed by atoms with Crippen LogP contribution in [-0.4, -0.2) is 29.4 Å². The number of carbonyl (C=O) groups is 2. The van der Waals surface area contributed by atoms with Crippen LogP contribution in [0.25, 0.3) is 5.57 Å². The highest BCUT2D eigenvalue weighted by Gasteiger charge is 2.35. The highest BCUT2D eigenvalue weighted by atomic mass is 16.5. The minimum absolute atomic E-state index is 0.0906. The molecule has 0 radical (unpaired) electrons. The number of Topliss-reactive ketones (excluding diaryl/α,β-unsaturated/α-hetero) is 2. The molecule has 26 heavy (non-hydrogen) atoms. The van der Waals surface area contributed by atoms with Gasteiger partial charge in [0.05, 0.1) is 18.3 Å². The summed E-state index contributed by atoms with van der Waals surface area (Å²) < 4.78 is 6.09. The van der Waals surface area contributed by atoms with Crippen LogP contribution in [0.1, 0.15) is 47.2 Å². The molecule has 2 aromatic rings. The lowest BCUT2D eigenvalue weighted by Gasteiger charge is -2.24. The first kappa shape index (κ1) is 16.7. The highest BCUT2D eigenvalue weighted by Crippen LogP contribution is 2.39. The number of carbonyl (C=O) groups excluding carboxylic acids is 2. The monoisotopic (exact) mass is 348 g/mol. The molecule has 0 bridgehead atoms. The molecule has 0 aliphatic heterocycles. The average molecular weight is 348 g/mol. The Morgan fingerprint density at radius 2 is 1.65 bits per heavy atom. The van der Waals surface area contributed by atoms with Crippen LogP contribution in [-0.2, 0) is 4.79 Å². The summed E-state index contributed by atoms with van der Waals surface area (Å²) in [6.45, 7) is -0.470. The lowest BCUT2D eigenvalue weighted by molar-refractivity contribution is -0.112. The third-order valence-electron chi connectivity index (χ3n) is 5.12. The van der Waals surface area contributed by atoms with Crippen molar-refractivity contribution in [3.05, 3.63) is 70.8 Å². The Hall–Kier alpha value is -2.72. The Balaban J connectivity index is 1.89. The molecule has 1 N–H and O–H groups in total. The zero-order valence-electron chi connectivity index (χ0n) is 14.4. The van der Waals surface area contributed by atoms with Crippen molar-refractivity contribution in [2.75, 3.05) is 6.61 Å². The zero-order valence-corrected chi connectivity index (χ0v) is 14.4. The van der Waals surface area contributed by atoms with Crippen LogP contribution in [0.5, 0.6) is 5.75 Å². The van der Waals surface area contributed by atoms with E-state index >= 15 is 0 Å². The molecular formula is C22H20O4. The van der Waals surface area contributed by atoms with E-state index in [2.05, 4.69) is 0 Å². The number of aliphatic hydroxyl groups excluding tert-OH is 1. The van der Waals surface area contributed by atoms with Gasteiger partial charge >= 0.3 is 0 Å². The van der Waals surface area contributed by atoms with Crippen molar-refractivity contribution in [3.63, 3.8) is 0 Å². The number of rotatable bonds is 4. The third kappa shape index (κ3) is 2.76. The maximum absolute atomic E-state index is 12.8. The van der Waals surface area contributed by atoms with Crippen LogP contribution < -0.4 is 4.74 Å². The van der Waals surface area contributed by atoms with Crippen LogP contribution in [0, 0.1) is 0 Å². The van der Waals surface area contributed by atoms with Crippen LogP contribution >= 0.6 is 0 Å². The fourth-order valence-electron chi connectivity index (χ4n) is 3.87. The van der Waals surface area contributed by atoms with Gasteiger partial charge in [-0.15, -0.1) is 0 Å². The fourth-order valence-corrected chi connectivity index (χ4v) is 3.87. The number of hydrogen-bond acceptors (Lipinski definition) is 4. The van der Waals surface area contributed by atoms with Gasteiger partial charge in [-0.3, -0.25) is 9.59 Å². The molecule has 0 spiro atoms. The summed E-state index contributed by atoms with van der Waals surface area (Å²) in [6, 6.07) is 14.8. The van der Waals surface area contributed by atoms with Crippen LogP contribution in [0.4, 0.5) is 0 Å². The summed E-state index contributed by atoms with van der Waals surface area (Å²) in [5, 5.41) is 9.77. The van der Waals surface area contributed by atoms with Gasteiger partial charge in [-0.2, -0.15) is 0 Å². The van der Waals surface area contributed by atoms with E-state index in [1.54, 1.807) is 6.07 Å². The van der Waals surface area contributed by atoms with Crippen molar-refractivity contribution in [2.24, 2.45) is 0 Å². The number of fused-ring (bicyclic) bond motifs is 1. The maximum atomic E-state index is 12.8. The van der Waals surface area contributed by atoms with Crippen LogP contribution in [0.2, 0.25) is 0 Å². The van der Waals surface area contributed by atoms with E-state index in [-0.39, 0.29) is 11.7 Å². The molecule has 0 atom stereocenters. The van der Waals surface area contributed by atoms with Crippen molar-refractivity contribution < 1.29 is 19.4 Å². The summed E-state index contributed by atoms with van der Waals surface area (Å²) >= 11 is 0. The Kier molecular flexibility index (Phi) is 4.43.